The average molecular weight is 249 g/mol. The molecule has 0 fully saturated rings. The fourth-order valence-corrected chi connectivity index (χ4v) is 2.48. The molecule has 1 aromatic heterocycles. The molecule has 1 heterocycles. The molecule has 1 aromatic carbocycles. The summed E-state index contributed by atoms with van der Waals surface area (Å²) in [5.41, 5.74) is 1.79. The first-order chi connectivity index (χ1) is 8.20. The number of aliphatic hydroxyl groups excluding tert-OH is 1. The van der Waals surface area contributed by atoms with Crippen LogP contribution in [0.3, 0.4) is 0 Å². The molecule has 0 spiro atoms. The van der Waals surface area contributed by atoms with Gasteiger partial charge in [-0.3, -0.25) is 0 Å². The molecule has 3 nitrogen and oxygen atoms in total. The molecule has 90 valence electrons. The maximum absolute atomic E-state index is 9.93. The van der Waals surface area contributed by atoms with Crippen LogP contribution in [0.1, 0.15) is 30.7 Å². The Morgan fingerprint density at radius 3 is 2.82 bits per heavy atom. The predicted octanol–water partition coefficient (Wildman–Crippen LogP) is 3.58. The van der Waals surface area contributed by atoms with E-state index in [0.717, 1.165) is 16.2 Å². The molecule has 1 N–H and O–H groups in total. The molecule has 0 saturated heterocycles. The molecule has 17 heavy (non-hydrogen) atoms. The van der Waals surface area contributed by atoms with Crippen molar-refractivity contribution in [1.82, 2.24) is 4.98 Å². The highest BCUT2D eigenvalue weighted by atomic mass is 32.2. The summed E-state index contributed by atoms with van der Waals surface area (Å²) in [5.74, 6) is 0. The van der Waals surface area contributed by atoms with E-state index >= 15 is 0 Å². The van der Waals surface area contributed by atoms with Gasteiger partial charge in [0.25, 0.3) is 5.22 Å². The molecular weight excluding hydrogens is 234 g/mol. The van der Waals surface area contributed by atoms with Crippen molar-refractivity contribution in [2.24, 2.45) is 0 Å². The van der Waals surface area contributed by atoms with Crippen molar-refractivity contribution < 1.29 is 9.52 Å². The monoisotopic (exact) mass is 249 g/mol. The minimum absolute atomic E-state index is 0.435. The van der Waals surface area contributed by atoms with Crippen molar-refractivity contribution in [1.29, 1.82) is 0 Å². The molecule has 0 bridgehead atoms. The van der Waals surface area contributed by atoms with Crippen LogP contribution in [0.4, 0.5) is 0 Å². The minimum atomic E-state index is -0.435. The first-order valence-electron chi connectivity index (χ1n) is 5.57. The van der Waals surface area contributed by atoms with Gasteiger partial charge in [-0.25, -0.2) is 4.98 Å². The average Bonchev–Trinajstić information content (AvgIpc) is 2.74. The maximum Gasteiger partial charge on any atom is 0.260 e. The number of rotatable bonds is 4. The summed E-state index contributed by atoms with van der Waals surface area (Å²) in [6.07, 6.45) is 1.89. The summed E-state index contributed by atoms with van der Waals surface area (Å²) in [7, 11) is 0. The van der Waals surface area contributed by atoms with Gasteiger partial charge in [0.05, 0.1) is 11.8 Å². The number of hydrogen-bond donors (Lipinski definition) is 1. The lowest BCUT2D eigenvalue weighted by Gasteiger charge is -2.11. The van der Waals surface area contributed by atoms with Crippen LogP contribution in [0.2, 0.25) is 0 Å². The largest absolute Gasteiger partial charge is 0.439 e. The normalized spacial score (nSPS) is 12.6. The zero-order valence-electron chi connectivity index (χ0n) is 9.88. The van der Waals surface area contributed by atoms with Crippen LogP contribution in [0.5, 0.6) is 0 Å². The molecule has 0 aliphatic heterocycles. The van der Waals surface area contributed by atoms with Crippen molar-refractivity contribution in [2.45, 2.75) is 36.5 Å². The molecule has 1 atom stereocenters. The Bertz CT molecular complexity index is 496. The van der Waals surface area contributed by atoms with Gasteiger partial charge in [-0.15, -0.1) is 0 Å². The highest BCUT2D eigenvalue weighted by Gasteiger charge is 2.12. The summed E-state index contributed by atoms with van der Waals surface area (Å²) >= 11 is 1.44. The van der Waals surface area contributed by atoms with Crippen molar-refractivity contribution in [3.63, 3.8) is 0 Å². The predicted molar refractivity (Wildman–Crippen MR) is 67.1 cm³/mol. The molecule has 0 radical (unpaired) electrons. The van der Waals surface area contributed by atoms with Crippen LogP contribution in [0.25, 0.3) is 0 Å². The van der Waals surface area contributed by atoms with Gasteiger partial charge >= 0.3 is 0 Å². The molecule has 0 amide bonds. The van der Waals surface area contributed by atoms with E-state index in [1.807, 2.05) is 38.1 Å². The van der Waals surface area contributed by atoms with Crippen LogP contribution >= 0.6 is 11.8 Å². The van der Waals surface area contributed by atoms with Crippen LogP contribution < -0.4 is 0 Å². The zero-order chi connectivity index (χ0) is 12.3. The molecule has 0 unspecified atom stereocenters. The van der Waals surface area contributed by atoms with Gasteiger partial charge < -0.3 is 9.52 Å². The fourth-order valence-electron chi connectivity index (χ4n) is 1.54. The van der Waals surface area contributed by atoms with Crippen molar-refractivity contribution in [3.8, 4) is 0 Å². The molecular formula is C13H15NO2S. The summed E-state index contributed by atoms with van der Waals surface area (Å²) < 4.78 is 5.31. The van der Waals surface area contributed by atoms with Crippen LogP contribution in [-0.2, 0) is 0 Å². The Hall–Kier alpha value is -1.26. The van der Waals surface area contributed by atoms with Gasteiger partial charge in [-0.1, -0.05) is 25.1 Å². The summed E-state index contributed by atoms with van der Waals surface area (Å²) in [5, 5.41) is 10.5. The van der Waals surface area contributed by atoms with Crippen molar-refractivity contribution in [2.75, 3.05) is 0 Å². The van der Waals surface area contributed by atoms with Crippen LogP contribution in [-0.4, -0.2) is 10.1 Å². The molecule has 2 aromatic rings. The number of aliphatic hydroxyl groups is 1. The molecule has 4 heteroatoms. The third-order valence-corrected chi connectivity index (χ3v) is 3.41. The number of benzene rings is 1. The Morgan fingerprint density at radius 1 is 1.41 bits per heavy atom. The van der Waals surface area contributed by atoms with Gasteiger partial charge in [0, 0.05) is 4.90 Å². The second kappa shape index (κ2) is 5.38. The molecule has 2 rings (SSSR count). The highest BCUT2D eigenvalue weighted by Crippen LogP contribution is 2.33. The van der Waals surface area contributed by atoms with Crippen LogP contribution in [0.15, 0.2) is 45.1 Å². The van der Waals surface area contributed by atoms with E-state index in [2.05, 4.69) is 4.98 Å². The smallest absolute Gasteiger partial charge is 0.260 e. The molecule has 0 aliphatic rings. The third kappa shape index (κ3) is 2.90. The van der Waals surface area contributed by atoms with E-state index in [9.17, 15) is 5.11 Å². The Labute approximate surface area is 105 Å². The van der Waals surface area contributed by atoms with E-state index in [1.165, 1.54) is 11.8 Å². The SMILES string of the molecule is CC[C@H](O)c1ccccc1Sc1nc(C)co1. The first kappa shape index (κ1) is 12.2. The van der Waals surface area contributed by atoms with Gasteiger partial charge in [0.2, 0.25) is 0 Å². The number of aromatic nitrogens is 1. The minimum Gasteiger partial charge on any atom is -0.439 e. The number of oxazole rings is 1. The lowest BCUT2D eigenvalue weighted by molar-refractivity contribution is 0.171. The van der Waals surface area contributed by atoms with Gasteiger partial charge in [-0.2, -0.15) is 0 Å². The van der Waals surface area contributed by atoms with Gasteiger partial charge in [0.15, 0.2) is 0 Å². The number of aryl methyl sites for hydroxylation is 1. The number of hydrogen-bond acceptors (Lipinski definition) is 4. The zero-order valence-corrected chi connectivity index (χ0v) is 10.7. The fraction of sp³-hybridized carbons (Fsp3) is 0.308. The Balaban J connectivity index is 2.26. The second-order valence-electron chi connectivity index (χ2n) is 3.82. The van der Waals surface area contributed by atoms with E-state index < -0.39 is 6.10 Å². The Morgan fingerprint density at radius 2 is 2.18 bits per heavy atom. The highest BCUT2D eigenvalue weighted by molar-refractivity contribution is 7.99. The standard InChI is InChI=1S/C13H15NO2S/c1-3-11(15)10-6-4-5-7-12(10)17-13-14-9(2)8-16-13/h4-8,11,15H,3H2,1-2H3/t11-/m0/s1. The van der Waals surface area contributed by atoms with E-state index in [4.69, 9.17) is 4.42 Å². The molecule has 0 saturated carbocycles. The lowest BCUT2D eigenvalue weighted by Crippen LogP contribution is -1.97. The quantitative estimate of drug-likeness (QED) is 0.899. The third-order valence-electron chi connectivity index (χ3n) is 2.46. The van der Waals surface area contributed by atoms with Crippen LogP contribution in [0, 0.1) is 6.92 Å². The van der Waals surface area contributed by atoms with Gasteiger partial charge in [-0.05, 0) is 36.7 Å². The lowest BCUT2D eigenvalue weighted by atomic mass is 10.1. The van der Waals surface area contributed by atoms with E-state index in [1.54, 1.807) is 6.26 Å². The van der Waals surface area contributed by atoms with Gasteiger partial charge in [0.1, 0.15) is 6.26 Å². The van der Waals surface area contributed by atoms with Crippen molar-refractivity contribution in [3.05, 3.63) is 41.8 Å². The summed E-state index contributed by atoms with van der Waals surface area (Å²) in [6.45, 7) is 3.85. The van der Waals surface area contributed by atoms with Crippen molar-refractivity contribution >= 4 is 11.8 Å². The summed E-state index contributed by atoms with van der Waals surface area (Å²) in [4.78, 5) is 5.24. The summed E-state index contributed by atoms with van der Waals surface area (Å²) in [6, 6.07) is 7.79. The first-order valence-corrected chi connectivity index (χ1v) is 6.39. The van der Waals surface area contributed by atoms with E-state index in [-0.39, 0.29) is 0 Å². The maximum atomic E-state index is 9.93. The number of nitrogens with zero attached hydrogens (tertiary/aromatic N) is 1. The topological polar surface area (TPSA) is 46.3 Å². The Kier molecular flexibility index (Phi) is 3.86. The van der Waals surface area contributed by atoms with E-state index in [0.29, 0.717) is 11.6 Å². The molecule has 0 aliphatic carbocycles. The second-order valence-corrected chi connectivity index (χ2v) is 4.81.